The van der Waals surface area contributed by atoms with Gasteiger partial charge in [0, 0.05) is 19.0 Å². The summed E-state index contributed by atoms with van der Waals surface area (Å²) in [5.41, 5.74) is 2.19. The average Bonchev–Trinajstić information content (AvgIpc) is 3.16. The minimum atomic E-state index is -0.0422. The van der Waals surface area contributed by atoms with E-state index in [1.165, 1.54) is 12.8 Å². The molecule has 3 heterocycles. The van der Waals surface area contributed by atoms with Gasteiger partial charge in [-0.1, -0.05) is 12.1 Å². The molecule has 0 spiro atoms. The zero-order valence-corrected chi connectivity index (χ0v) is 12.1. The summed E-state index contributed by atoms with van der Waals surface area (Å²) >= 11 is 0. The number of nitrogens with zero attached hydrogens (tertiary/aromatic N) is 2. The van der Waals surface area contributed by atoms with Crippen LogP contribution in [0.5, 0.6) is 0 Å². The summed E-state index contributed by atoms with van der Waals surface area (Å²) in [5.74, 6) is 1.60. The van der Waals surface area contributed by atoms with Crippen LogP contribution in [0.25, 0.3) is 11.0 Å². The van der Waals surface area contributed by atoms with Crippen molar-refractivity contribution in [2.45, 2.75) is 25.0 Å². The molecule has 0 amide bonds. The van der Waals surface area contributed by atoms with Crippen molar-refractivity contribution in [3.8, 4) is 0 Å². The first kappa shape index (κ1) is 13.2. The Morgan fingerprint density at radius 2 is 2.10 bits per heavy atom. The molecule has 0 saturated carbocycles. The number of nitrogens with one attached hydrogen (secondary N) is 1. The van der Waals surface area contributed by atoms with Gasteiger partial charge < -0.3 is 14.5 Å². The Morgan fingerprint density at radius 1 is 1.24 bits per heavy atom. The van der Waals surface area contributed by atoms with Crippen LogP contribution in [0.15, 0.2) is 24.3 Å². The number of aromatic nitrogens is 2. The van der Waals surface area contributed by atoms with E-state index in [4.69, 9.17) is 14.5 Å². The van der Waals surface area contributed by atoms with E-state index in [1.807, 2.05) is 12.1 Å². The average molecular weight is 287 g/mol. The summed E-state index contributed by atoms with van der Waals surface area (Å²) < 4.78 is 11.1. The van der Waals surface area contributed by atoms with Crippen LogP contribution in [0.1, 0.15) is 24.6 Å². The zero-order chi connectivity index (χ0) is 14.1. The van der Waals surface area contributed by atoms with Gasteiger partial charge in [-0.15, -0.1) is 0 Å². The van der Waals surface area contributed by atoms with E-state index in [0.717, 1.165) is 49.7 Å². The topological polar surface area (TPSA) is 50.4 Å². The van der Waals surface area contributed by atoms with E-state index in [0.29, 0.717) is 5.92 Å². The number of hydrogen-bond acceptors (Lipinski definition) is 4. The predicted octanol–water partition coefficient (Wildman–Crippen LogP) is 2.12. The third kappa shape index (κ3) is 2.81. The van der Waals surface area contributed by atoms with Crippen LogP contribution >= 0.6 is 0 Å². The minimum absolute atomic E-state index is 0.0422. The fraction of sp³-hybridized carbons (Fsp3) is 0.562. The molecule has 0 radical (unpaired) electrons. The Balaban J connectivity index is 1.46. The summed E-state index contributed by atoms with van der Waals surface area (Å²) in [6.45, 7) is 4.48. The molecule has 4 rings (SSSR count). The van der Waals surface area contributed by atoms with E-state index in [-0.39, 0.29) is 6.29 Å². The standard InChI is InChI=1S/C16H21N3O2/c1-2-6-14-13(5-1)17-16(18-14)12-4-3-7-19(10-12)11-15-20-8-9-21-15/h1-2,5-6,12,15H,3-4,7-11H2,(H,17,18). The lowest BCUT2D eigenvalue weighted by atomic mass is 9.97. The van der Waals surface area contributed by atoms with Gasteiger partial charge >= 0.3 is 0 Å². The Labute approximate surface area is 124 Å². The van der Waals surface area contributed by atoms with Crippen molar-refractivity contribution < 1.29 is 9.47 Å². The van der Waals surface area contributed by atoms with Crippen molar-refractivity contribution in [1.29, 1.82) is 0 Å². The summed E-state index contributed by atoms with van der Waals surface area (Å²) in [6, 6.07) is 8.24. The van der Waals surface area contributed by atoms with Gasteiger partial charge in [0.15, 0.2) is 6.29 Å². The maximum atomic E-state index is 5.56. The third-order valence-corrected chi connectivity index (χ3v) is 4.40. The molecule has 21 heavy (non-hydrogen) atoms. The van der Waals surface area contributed by atoms with Crippen LogP contribution in [-0.2, 0) is 9.47 Å². The van der Waals surface area contributed by atoms with Gasteiger partial charge in [0.25, 0.3) is 0 Å². The highest BCUT2D eigenvalue weighted by atomic mass is 16.7. The first-order valence-corrected chi connectivity index (χ1v) is 7.79. The van der Waals surface area contributed by atoms with Gasteiger partial charge in [0.05, 0.1) is 24.2 Å². The van der Waals surface area contributed by atoms with E-state index >= 15 is 0 Å². The van der Waals surface area contributed by atoms with E-state index in [1.54, 1.807) is 0 Å². The van der Waals surface area contributed by atoms with Crippen LogP contribution in [0.2, 0.25) is 0 Å². The number of ether oxygens (including phenoxy) is 2. The van der Waals surface area contributed by atoms with Gasteiger partial charge in [-0.3, -0.25) is 4.90 Å². The molecule has 1 aromatic heterocycles. The second-order valence-corrected chi connectivity index (χ2v) is 5.91. The first-order valence-electron chi connectivity index (χ1n) is 7.79. The van der Waals surface area contributed by atoms with Crippen LogP contribution in [0.4, 0.5) is 0 Å². The smallest absolute Gasteiger partial charge is 0.170 e. The largest absolute Gasteiger partial charge is 0.349 e. The molecule has 2 aliphatic heterocycles. The van der Waals surface area contributed by atoms with Gasteiger partial charge in [0.2, 0.25) is 0 Å². The number of hydrogen-bond donors (Lipinski definition) is 1. The molecule has 5 heteroatoms. The van der Waals surface area contributed by atoms with Crippen LogP contribution in [-0.4, -0.2) is 54.0 Å². The van der Waals surface area contributed by atoms with Crippen molar-refractivity contribution in [3.05, 3.63) is 30.1 Å². The molecule has 1 N–H and O–H groups in total. The molecule has 5 nitrogen and oxygen atoms in total. The second kappa shape index (κ2) is 5.75. The van der Waals surface area contributed by atoms with Crippen molar-refractivity contribution in [3.63, 3.8) is 0 Å². The van der Waals surface area contributed by atoms with Gasteiger partial charge in [-0.25, -0.2) is 4.98 Å². The van der Waals surface area contributed by atoms with Crippen LogP contribution in [0.3, 0.4) is 0 Å². The lowest BCUT2D eigenvalue weighted by Crippen LogP contribution is -2.40. The second-order valence-electron chi connectivity index (χ2n) is 5.91. The Hall–Kier alpha value is -1.43. The summed E-state index contributed by atoms with van der Waals surface area (Å²) in [4.78, 5) is 10.7. The number of piperidine rings is 1. The van der Waals surface area contributed by atoms with Gasteiger partial charge in [0.1, 0.15) is 5.82 Å². The number of rotatable bonds is 3. The molecule has 0 aliphatic carbocycles. The maximum absolute atomic E-state index is 5.56. The van der Waals surface area contributed by atoms with Crippen molar-refractivity contribution in [2.75, 3.05) is 32.8 Å². The molecule has 0 bridgehead atoms. The summed E-state index contributed by atoms with van der Waals surface area (Å²) in [5, 5.41) is 0. The molecule has 1 atom stereocenters. The molecular weight excluding hydrogens is 266 g/mol. The number of benzene rings is 1. The zero-order valence-electron chi connectivity index (χ0n) is 12.1. The molecular formula is C16H21N3O2. The van der Waals surface area contributed by atoms with E-state index in [9.17, 15) is 0 Å². The Morgan fingerprint density at radius 3 is 2.95 bits per heavy atom. The molecule has 1 unspecified atom stereocenters. The number of imidazole rings is 1. The Bertz CT molecular complexity index is 573. The summed E-state index contributed by atoms with van der Waals surface area (Å²) in [6.07, 6.45) is 2.36. The van der Waals surface area contributed by atoms with Gasteiger partial charge in [-0.05, 0) is 31.5 Å². The number of para-hydroxylation sites is 2. The molecule has 1 aromatic carbocycles. The number of likely N-dealkylation sites (tertiary alicyclic amines) is 1. The number of aromatic amines is 1. The fourth-order valence-electron chi connectivity index (χ4n) is 3.33. The molecule has 2 fully saturated rings. The Kier molecular flexibility index (Phi) is 3.63. The quantitative estimate of drug-likeness (QED) is 0.939. The number of H-pyrrole nitrogens is 1. The highest BCUT2D eigenvalue weighted by Crippen LogP contribution is 2.27. The molecule has 2 aromatic rings. The summed E-state index contributed by atoms with van der Waals surface area (Å²) in [7, 11) is 0. The fourth-order valence-corrected chi connectivity index (χ4v) is 3.33. The molecule has 112 valence electrons. The van der Waals surface area contributed by atoms with Crippen LogP contribution in [0, 0.1) is 0 Å². The minimum Gasteiger partial charge on any atom is -0.349 e. The van der Waals surface area contributed by atoms with Crippen LogP contribution < -0.4 is 0 Å². The van der Waals surface area contributed by atoms with E-state index < -0.39 is 0 Å². The molecule has 2 saturated heterocycles. The maximum Gasteiger partial charge on any atom is 0.170 e. The molecule has 2 aliphatic rings. The predicted molar refractivity (Wildman–Crippen MR) is 80.2 cm³/mol. The van der Waals surface area contributed by atoms with Gasteiger partial charge in [-0.2, -0.15) is 0 Å². The third-order valence-electron chi connectivity index (χ3n) is 4.40. The van der Waals surface area contributed by atoms with E-state index in [2.05, 4.69) is 22.0 Å². The van der Waals surface area contributed by atoms with Crippen molar-refractivity contribution in [1.82, 2.24) is 14.9 Å². The SMILES string of the molecule is c1ccc2[nH]c(C3CCCN(CC4OCCO4)C3)nc2c1. The monoisotopic (exact) mass is 287 g/mol. The first-order chi connectivity index (χ1) is 10.4. The number of fused-ring (bicyclic) bond motifs is 1. The highest BCUT2D eigenvalue weighted by Gasteiger charge is 2.27. The lowest BCUT2D eigenvalue weighted by molar-refractivity contribution is -0.0653. The van der Waals surface area contributed by atoms with Crippen molar-refractivity contribution >= 4 is 11.0 Å². The highest BCUT2D eigenvalue weighted by molar-refractivity contribution is 5.74. The lowest BCUT2D eigenvalue weighted by Gasteiger charge is -2.32. The van der Waals surface area contributed by atoms with Crippen molar-refractivity contribution in [2.24, 2.45) is 0 Å². The normalized spacial score (nSPS) is 24.9.